The Morgan fingerprint density at radius 1 is 1.24 bits per heavy atom. The number of amides is 1. The van der Waals surface area contributed by atoms with Crippen molar-refractivity contribution in [1.29, 1.82) is 0 Å². The number of aliphatic hydroxyl groups excluding tert-OH is 1. The fraction of sp³-hybridized carbons (Fsp3) is 0.0625. The van der Waals surface area contributed by atoms with Crippen molar-refractivity contribution in [3.05, 3.63) is 64.8 Å². The van der Waals surface area contributed by atoms with Crippen LogP contribution in [0.1, 0.15) is 15.9 Å². The summed E-state index contributed by atoms with van der Waals surface area (Å²) in [5.41, 5.74) is 2.77. The first-order valence-electron chi connectivity index (χ1n) is 6.45. The van der Waals surface area contributed by atoms with Crippen LogP contribution < -0.4 is 5.32 Å². The quantitative estimate of drug-likeness (QED) is 0.692. The molecule has 3 rings (SSSR count). The lowest BCUT2D eigenvalue weighted by atomic mass is 10.1. The number of benzene rings is 2. The van der Waals surface area contributed by atoms with Gasteiger partial charge in [0, 0.05) is 27.8 Å². The zero-order valence-corrected chi connectivity index (χ0v) is 11.8. The van der Waals surface area contributed by atoms with E-state index in [1.807, 2.05) is 6.07 Å². The molecule has 3 aromatic rings. The van der Waals surface area contributed by atoms with Gasteiger partial charge in [-0.25, -0.2) is 0 Å². The molecule has 0 unspecified atom stereocenters. The van der Waals surface area contributed by atoms with Gasteiger partial charge in [-0.05, 0) is 35.9 Å². The summed E-state index contributed by atoms with van der Waals surface area (Å²) in [6.07, 6.45) is 1.66. The van der Waals surface area contributed by atoms with Crippen LogP contribution in [-0.4, -0.2) is 16.0 Å². The van der Waals surface area contributed by atoms with Crippen molar-refractivity contribution >= 4 is 34.1 Å². The number of H-pyrrole nitrogens is 1. The lowest BCUT2D eigenvalue weighted by Crippen LogP contribution is -2.11. The number of fused-ring (bicyclic) bond motifs is 1. The summed E-state index contributed by atoms with van der Waals surface area (Å²) in [5, 5.41) is 13.3. The molecule has 0 spiro atoms. The lowest BCUT2D eigenvalue weighted by Gasteiger charge is -2.06. The molecule has 0 atom stereocenters. The fourth-order valence-electron chi connectivity index (χ4n) is 2.23. The van der Waals surface area contributed by atoms with Gasteiger partial charge in [0.15, 0.2) is 0 Å². The number of aliphatic hydroxyl groups is 1. The summed E-state index contributed by atoms with van der Waals surface area (Å²) in [6.45, 7) is -0.0631. The molecule has 3 N–H and O–H groups in total. The van der Waals surface area contributed by atoms with E-state index in [9.17, 15) is 4.79 Å². The first-order valence-corrected chi connectivity index (χ1v) is 6.83. The van der Waals surface area contributed by atoms with Crippen molar-refractivity contribution in [3.63, 3.8) is 0 Å². The molecule has 0 aliphatic carbocycles. The predicted octanol–water partition coefficient (Wildman–Crippen LogP) is 3.57. The largest absolute Gasteiger partial charge is 0.392 e. The topological polar surface area (TPSA) is 65.1 Å². The molecule has 0 aliphatic heterocycles. The van der Waals surface area contributed by atoms with Crippen molar-refractivity contribution in [2.45, 2.75) is 6.61 Å². The third kappa shape index (κ3) is 2.77. The zero-order valence-electron chi connectivity index (χ0n) is 11.1. The van der Waals surface area contributed by atoms with Crippen LogP contribution in [0.3, 0.4) is 0 Å². The Hall–Kier alpha value is -2.30. The highest BCUT2D eigenvalue weighted by atomic mass is 35.5. The number of rotatable bonds is 3. The molecule has 0 saturated carbocycles. The van der Waals surface area contributed by atoms with Crippen molar-refractivity contribution in [3.8, 4) is 0 Å². The van der Waals surface area contributed by atoms with Crippen LogP contribution in [0.15, 0.2) is 48.7 Å². The summed E-state index contributed by atoms with van der Waals surface area (Å²) < 4.78 is 0. The van der Waals surface area contributed by atoms with E-state index in [0.717, 1.165) is 16.5 Å². The van der Waals surface area contributed by atoms with Crippen LogP contribution in [0.4, 0.5) is 5.69 Å². The maximum atomic E-state index is 12.4. The predicted molar refractivity (Wildman–Crippen MR) is 83.6 cm³/mol. The number of anilines is 1. The monoisotopic (exact) mass is 300 g/mol. The van der Waals surface area contributed by atoms with E-state index in [1.165, 1.54) is 0 Å². The summed E-state index contributed by atoms with van der Waals surface area (Å²) in [6, 6.07) is 12.5. The number of nitrogens with one attached hydrogen (secondary N) is 2. The molecule has 1 heterocycles. The summed E-state index contributed by atoms with van der Waals surface area (Å²) in [4.78, 5) is 15.4. The second kappa shape index (κ2) is 5.60. The fourth-order valence-corrected chi connectivity index (χ4v) is 2.40. The highest BCUT2D eigenvalue weighted by molar-refractivity contribution is 6.31. The average molecular weight is 301 g/mol. The molecule has 106 valence electrons. The zero-order chi connectivity index (χ0) is 14.8. The molecular formula is C16H13ClN2O2. The Morgan fingerprint density at radius 3 is 2.90 bits per heavy atom. The van der Waals surface area contributed by atoms with E-state index in [2.05, 4.69) is 10.3 Å². The summed E-state index contributed by atoms with van der Waals surface area (Å²) >= 11 is 5.98. The van der Waals surface area contributed by atoms with Gasteiger partial charge in [0.05, 0.1) is 12.2 Å². The van der Waals surface area contributed by atoms with E-state index >= 15 is 0 Å². The maximum absolute atomic E-state index is 12.4. The molecule has 0 bridgehead atoms. The minimum atomic E-state index is -0.224. The smallest absolute Gasteiger partial charge is 0.257 e. The normalized spacial score (nSPS) is 10.8. The van der Waals surface area contributed by atoms with Crippen LogP contribution in [0.25, 0.3) is 10.9 Å². The van der Waals surface area contributed by atoms with Crippen LogP contribution in [0, 0.1) is 0 Å². The van der Waals surface area contributed by atoms with Crippen LogP contribution >= 0.6 is 11.6 Å². The molecule has 0 saturated heterocycles. The first-order chi connectivity index (χ1) is 10.2. The molecule has 21 heavy (non-hydrogen) atoms. The third-order valence-corrected chi connectivity index (χ3v) is 3.49. The SMILES string of the molecule is O=C(Nc1cccc(CO)c1)c1c[nH]c2ccc(Cl)cc12. The molecule has 0 radical (unpaired) electrons. The van der Waals surface area contributed by atoms with E-state index in [0.29, 0.717) is 16.3 Å². The van der Waals surface area contributed by atoms with Crippen LogP contribution in [0.5, 0.6) is 0 Å². The first kappa shape index (κ1) is 13.7. The molecule has 0 fully saturated rings. The molecular weight excluding hydrogens is 288 g/mol. The number of aromatic nitrogens is 1. The number of carbonyl (C=O) groups is 1. The van der Waals surface area contributed by atoms with Crippen molar-refractivity contribution in [1.82, 2.24) is 4.98 Å². The number of hydrogen-bond acceptors (Lipinski definition) is 2. The maximum Gasteiger partial charge on any atom is 0.257 e. The van der Waals surface area contributed by atoms with Gasteiger partial charge in [0.25, 0.3) is 5.91 Å². The van der Waals surface area contributed by atoms with E-state index in [1.54, 1.807) is 42.6 Å². The van der Waals surface area contributed by atoms with Crippen molar-refractivity contribution in [2.75, 3.05) is 5.32 Å². The molecule has 5 heteroatoms. The molecule has 1 aromatic heterocycles. The Morgan fingerprint density at radius 2 is 2.10 bits per heavy atom. The number of hydrogen-bond donors (Lipinski definition) is 3. The van der Waals surface area contributed by atoms with Gasteiger partial charge in [-0.3, -0.25) is 4.79 Å². The van der Waals surface area contributed by atoms with Crippen LogP contribution in [0.2, 0.25) is 5.02 Å². The minimum Gasteiger partial charge on any atom is -0.392 e. The number of carbonyl (C=O) groups excluding carboxylic acids is 1. The van der Waals surface area contributed by atoms with Crippen molar-refractivity contribution in [2.24, 2.45) is 0 Å². The van der Waals surface area contributed by atoms with E-state index in [-0.39, 0.29) is 12.5 Å². The van der Waals surface area contributed by atoms with E-state index < -0.39 is 0 Å². The Balaban J connectivity index is 1.91. The molecule has 2 aromatic carbocycles. The van der Waals surface area contributed by atoms with Gasteiger partial charge >= 0.3 is 0 Å². The highest BCUT2D eigenvalue weighted by Gasteiger charge is 2.12. The molecule has 0 aliphatic rings. The standard InChI is InChI=1S/C16H13ClN2O2/c17-11-4-5-15-13(7-11)14(8-18-15)16(21)19-12-3-1-2-10(6-12)9-20/h1-8,18,20H,9H2,(H,19,21). The van der Waals surface area contributed by atoms with Gasteiger partial charge in [0.2, 0.25) is 0 Å². The Bertz CT molecular complexity index is 811. The summed E-state index contributed by atoms with van der Waals surface area (Å²) in [7, 11) is 0. The second-order valence-electron chi connectivity index (χ2n) is 4.70. The second-order valence-corrected chi connectivity index (χ2v) is 5.14. The number of aromatic amines is 1. The number of halogens is 1. The third-order valence-electron chi connectivity index (χ3n) is 3.26. The van der Waals surface area contributed by atoms with Crippen molar-refractivity contribution < 1.29 is 9.90 Å². The summed E-state index contributed by atoms with van der Waals surface area (Å²) in [5.74, 6) is -0.224. The Kier molecular flexibility index (Phi) is 3.64. The lowest BCUT2D eigenvalue weighted by molar-refractivity contribution is 0.102. The highest BCUT2D eigenvalue weighted by Crippen LogP contribution is 2.23. The van der Waals surface area contributed by atoms with Gasteiger partial charge < -0.3 is 15.4 Å². The van der Waals surface area contributed by atoms with Crippen LogP contribution in [-0.2, 0) is 6.61 Å². The molecule has 1 amide bonds. The van der Waals surface area contributed by atoms with Gasteiger partial charge in [0.1, 0.15) is 0 Å². The van der Waals surface area contributed by atoms with E-state index in [4.69, 9.17) is 16.7 Å². The van der Waals surface area contributed by atoms with Gasteiger partial charge in [-0.15, -0.1) is 0 Å². The minimum absolute atomic E-state index is 0.0631. The Labute approximate surface area is 126 Å². The van der Waals surface area contributed by atoms with Gasteiger partial charge in [-0.2, -0.15) is 0 Å². The molecule has 4 nitrogen and oxygen atoms in total. The average Bonchev–Trinajstić information content (AvgIpc) is 2.90. The van der Waals surface area contributed by atoms with Gasteiger partial charge in [-0.1, -0.05) is 23.7 Å².